The zero-order chi connectivity index (χ0) is 21.6. The monoisotopic (exact) mass is 420 g/mol. The lowest BCUT2D eigenvalue weighted by Gasteiger charge is -2.25. The number of rotatable bonds is 7. The zero-order valence-electron chi connectivity index (χ0n) is 17.0. The van der Waals surface area contributed by atoms with Crippen molar-refractivity contribution in [2.24, 2.45) is 0 Å². The average molecular weight is 420 g/mol. The summed E-state index contributed by atoms with van der Waals surface area (Å²) in [5.41, 5.74) is 2.47. The van der Waals surface area contributed by atoms with Crippen molar-refractivity contribution in [3.05, 3.63) is 83.7 Å². The molecule has 1 aliphatic heterocycles. The highest BCUT2D eigenvalue weighted by molar-refractivity contribution is 5.95. The first-order chi connectivity index (χ1) is 15.1. The molecule has 0 saturated carbocycles. The molecule has 9 heteroatoms. The van der Waals surface area contributed by atoms with E-state index < -0.39 is 6.09 Å². The van der Waals surface area contributed by atoms with Gasteiger partial charge in [0.15, 0.2) is 0 Å². The maximum absolute atomic E-state index is 12.7. The summed E-state index contributed by atoms with van der Waals surface area (Å²) in [6.07, 6.45) is 4.84. The second-order valence-electron chi connectivity index (χ2n) is 7.39. The van der Waals surface area contributed by atoms with E-state index in [0.29, 0.717) is 44.7 Å². The third kappa shape index (κ3) is 5.07. The minimum absolute atomic E-state index is 0.299. The van der Waals surface area contributed by atoms with Gasteiger partial charge in [0.2, 0.25) is 0 Å². The highest BCUT2D eigenvalue weighted by atomic mass is 16.4. The van der Waals surface area contributed by atoms with Crippen molar-refractivity contribution in [3.63, 3.8) is 0 Å². The van der Waals surface area contributed by atoms with Crippen LogP contribution in [0.25, 0.3) is 0 Å². The number of amides is 2. The number of carbonyl (C=O) groups is 2. The maximum Gasteiger partial charge on any atom is 0.426 e. The lowest BCUT2D eigenvalue weighted by atomic mass is 10.1. The maximum atomic E-state index is 12.7. The van der Waals surface area contributed by atoms with Crippen molar-refractivity contribution in [1.29, 1.82) is 0 Å². The predicted octanol–water partition coefficient (Wildman–Crippen LogP) is 2.75. The van der Waals surface area contributed by atoms with Crippen LogP contribution in [0.1, 0.15) is 33.9 Å². The SMILES string of the molecule is O=C(O)N1CCCN1C(=O)c1ccc(CN(Cc2ccccn2)Cc2ncc[nH]2)cc1. The molecule has 2 aromatic heterocycles. The Labute approximate surface area is 179 Å². The Hall–Kier alpha value is -3.72. The van der Waals surface area contributed by atoms with E-state index >= 15 is 0 Å². The Morgan fingerprint density at radius 2 is 1.77 bits per heavy atom. The molecule has 0 aliphatic carbocycles. The molecule has 0 atom stereocenters. The molecule has 1 saturated heterocycles. The molecule has 1 fully saturated rings. The van der Waals surface area contributed by atoms with Crippen LogP contribution in [0.5, 0.6) is 0 Å². The third-order valence-corrected chi connectivity index (χ3v) is 5.13. The van der Waals surface area contributed by atoms with E-state index in [1.165, 1.54) is 5.01 Å². The Morgan fingerprint density at radius 1 is 0.968 bits per heavy atom. The van der Waals surface area contributed by atoms with Crippen LogP contribution in [-0.2, 0) is 19.6 Å². The van der Waals surface area contributed by atoms with Gasteiger partial charge in [-0.2, -0.15) is 0 Å². The molecule has 0 bridgehead atoms. The summed E-state index contributed by atoms with van der Waals surface area (Å²) in [4.78, 5) is 38.1. The van der Waals surface area contributed by atoms with Crippen molar-refractivity contribution >= 4 is 12.0 Å². The molecule has 2 amide bonds. The number of aromatic nitrogens is 3. The normalized spacial score (nSPS) is 13.7. The van der Waals surface area contributed by atoms with Crippen molar-refractivity contribution in [3.8, 4) is 0 Å². The number of hydrogen-bond donors (Lipinski definition) is 2. The van der Waals surface area contributed by atoms with Crippen molar-refractivity contribution < 1.29 is 14.7 Å². The van der Waals surface area contributed by atoms with Gasteiger partial charge in [0.1, 0.15) is 5.82 Å². The average Bonchev–Trinajstić information content (AvgIpc) is 3.47. The number of aromatic amines is 1. The van der Waals surface area contributed by atoms with E-state index in [-0.39, 0.29) is 5.91 Å². The fraction of sp³-hybridized carbons (Fsp3) is 0.273. The van der Waals surface area contributed by atoms with Gasteiger partial charge in [-0.1, -0.05) is 18.2 Å². The summed E-state index contributed by atoms with van der Waals surface area (Å²) in [5.74, 6) is 0.568. The van der Waals surface area contributed by atoms with E-state index in [4.69, 9.17) is 0 Å². The van der Waals surface area contributed by atoms with E-state index in [2.05, 4.69) is 19.9 Å². The lowest BCUT2D eigenvalue weighted by Crippen LogP contribution is -2.44. The second kappa shape index (κ2) is 9.40. The van der Waals surface area contributed by atoms with Crippen LogP contribution in [0.4, 0.5) is 4.79 Å². The molecule has 160 valence electrons. The van der Waals surface area contributed by atoms with Gasteiger partial charge in [-0.15, -0.1) is 0 Å². The van der Waals surface area contributed by atoms with Gasteiger partial charge in [-0.25, -0.2) is 19.8 Å². The third-order valence-electron chi connectivity index (χ3n) is 5.13. The summed E-state index contributed by atoms with van der Waals surface area (Å²) >= 11 is 0. The molecule has 1 aromatic carbocycles. The molecule has 3 heterocycles. The summed E-state index contributed by atoms with van der Waals surface area (Å²) in [5, 5.41) is 11.6. The summed E-state index contributed by atoms with van der Waals surface area (Å²) in [6.45, 7) is 2.69. The molecule has 1 aliphatic rings. The minimum atomic E-state index is -1.11. The Bertz CT molecular complexity index is 1010. The van der Waals surface area contributed by atoms with E-state index in [1.54, 1.807) is 30.7 Å². The molecule has 0 unspecified atom stereocenters. The number of hydrogen-bond acceptors (Lipinski definition) is 5. The van der Waals surface area contributed by atoms with Crippen molar-refractivity contribution in [2.45, 2.75) is 26.1 Å². The van der Waals surface area contributed by atoms with Crippen LogP contribution in [0.15, 0.2) is 61.1 Å². The summed E-state index contributed by atoms with van der Waals surface area (Å²) in [7, 11) is 0. The first kappa shape index (κ1) is 20.5. The fourth-order valence-electron chi connectivity index (χ4n) is 3.67. The quantitative estimate of drug-likeness (QED) is 0.609. The number of carbonyl (C=O) groups excluding carboxylic acids is 1. The van der Waals surface area contributed by atoms with Gasteiger partial charge in [0.25, 0.3) is 5.91 Å². The predicted molar refractivity (Wildman–Crippen MR) is 113 cm³/mol. The standard InChI is InChI=1S/C22H24N6O3/c29-21(27-12-3-13-28(27)22(30)31)18-7-5-17(6-8-18)14-26(16-20-24-10-11-25-20)15-19-4-1-2-9-23-19/h1-2,4-11H,3,12-16H2,(H,24,25)(H,30,31). The van der Waals surface area contributed by atoms with Gasteiger partial charge in [-0.3, -0.25) is 14.7 Å². The van der Waals surface area contributed by atoms with Gasteiger partial charge in [0.05, 0.1) is 12.2 Å². The van der Waals surface area contributed by atoms with Crippen LogP contribution in [0.2, 0.25) is 0 Å². The highest BCUT2D eigenvalue weighted by Crippen LogP contribution is 2.17. The van der Waals surface area contributed by atoms with E-state index in [0.717, 1.165) is 22.1 Å². The molecule has 0 spiro atoms. The lowest BCUT2D eigenvalue weighted by molar-refractivity contribution is 0.0246. The van der Waals surface area contributed by atoms with Gasteiger partial charge >= 0.3 is 6.09 Å². The van der Waals surface area contributed by atoms with Crippen molar-refractivity contribution in [1.82, 2.24) is 29.9 Å². The van der Waals surface area contributed by atoms with E-state index in [9.17, 15) is 14.7 Å². The van der Waals surface area contributed by atoms with Gasteiger partial charge < -0.3 is 10.1 Å². The van der Waals surface area contributed by atoms with Crippen molar-refractivity contribution in [2.75, 3.05) is 13.1 Å². The molecule has 9 nitrogen and oxygen atoms in total. The van der Waals surface area contributed by atoms with Crippen LogP contribution >= 0.6 is 0 Å². The molecule has 4 rings (SSSR count). The Morgan fingerprint density at radius 3 is 2.45 bits per heavy atom. The number of benzene rings is 1. The number of nitrogens with zero attached hydrogens (tertiary/aromatic N) is 5. The topological polar surface area (TPSA) is 106 Å². The largest absolute Gasteiger partial charge is 0.464 e. The van der Waals surface area contributed by atoms with Crippen LogP contribution in [0, 0.1) is 0 Å². The number of imidazole rings is 1. The number of hydrazine groups is 1. The van der Waals surface area contributed by atoms with Gasteiger partial charge in [-0.05, 0) is 36.2 Å². The Kier molecular flexibility index (Phi) is 6.23. The summed E-state index contributed by atoms with van der Waals surface area (Å²) < 4.78 is 0. The summed E-state index contributed by atoms with van der Waals surface area (Å²) in [6, 6.07) is 13.2. The molecule has 31 heavy (non-hydrogen) atoms. The van der Waals surface area contributed by atoms with Crippen LogP contribution in [0.3, 0.4) is 0 Å². The number of H-pyrrole nitrogens is 1. The second-order valence-corrected chi connectivity index (χ2v) is 7.39. The molecule has 0 radical (unpaired) electrons. The number of nitrogens with one attached hydrogen (secondary N) is 1. The molecule has 2 N–H and O–H groups in total. The fourth-order valence-corrected chi connectivity index (χ4v) is 3.67. The van der Waals surface area contributed by atoms with Gasteiger partial charge in [0, 0.05) is 50.3 Å². The first-order valence-electron chi connectivity index (χ1n) is 10.1. The zero-order valence-corrected chi connectivity index (χ0v) is 17.0. The van der Waals surface area contributed by atoms with Crippen LogP contribution < -0.4 is 0 Å². The highest BCUT2D eigenvalue weighted by Gasteiger charge is 2.31. The molecular formula is C22H24N6O3. The minimum Gasteiger partial charge on any atom is -0.464 e. The number of carboxylic acid groups (broad SMARTS) is 1. The molecular weight excluding hydrogens is 396 g/mol. The van der Waals surface area contributed by atoms with E-state index in [1.807, 2.05) is 30.3 Å². The molecule has 3 aromatic rings. The smallest absolute Gasteiger partial charge is 0.426 e. The first-order valence-corrected chi connectivity index (χ1v) is 10.1. The Balaban J connectivity index is 1.46. The number of pyridine rings is 1. The van der Waals surface area contributed by atoms with Crippen LogP contribution in [-0.4, -0.2) is 60.1 Å².